The fourth-order valence-corrected chi connectivity index (χ4v) is 1.79. The van der Waals surface area contributed by atoms with Crippen molar-refractivity contribution in [1.29, 1.82) is 0 Å². The second-order valence-corrected chi connectivity index (χ2v) is 4.65. The lowest BCUT2D eigenvalue weighted by atomic mass is 10.1. The number of hydrogen-bond donors (Lipinski definition) is 1. The van der Waals surface area contributed by atoms with Crippen LogP contribution in [0.3, 0.4) is 0 Å². The van der Waals surface area contributed by atoms with Gasteiger partial charge in [0.15, 0.2) is 0 Å². The fourth-order valence-electron chi connectivity index (χ4n) is 1.45. The molecule has 0 aliphatic rings. The van der Waals surface area contributed by atoms with Crippen molar-refractivity contribution in [3.8, 4) is 5.75 Å². The number of benzene rings is 1. The van der Waals surface area contributed by atoms with Crippen LogP contribution in [0.25, 0.3) is 0 Å². The lowest BCUT2D eigenvalue weighted by molar-refractivity contribution is 0.0696. The number of aromatic nitrogens is 1. The van der Waals surface area contributed by atoms with Gasteiger partial charge < -0.3 is 9.84 Å². The molecule has 0 radical (unpaired) electrons. The molecule has 4 nitrogen and oxygen atoms in total. The van der Waals surface area contributed by atoms with Gasteiger partial charge in [0.1, 0.15) is 18.2 Å². The molecular weight excluding hydrogens is 317 g/mol. The molecule has 1 N–H and O–H groups in total. The van der Waals surface area contributed by atoms with Crippen molar-refractivity contribution < 1.29 is 19.0 Å². The fraction of sp³-hybridized carbons (Fsp3) is 0.0769. The number of hydrogen-bond acceptors (Lipinski definition) is 3. The summed E-state index contributed by atoms with van der Waals surface area (Å²) in [7, 11) is 0. The van der Waals surface area contributed by atoms with Crippen molar-refractivity contribution in [3.05, 3.63) is 58.1 Å². The van der Waals surface area contributed by atoms with Gasteiger partial charge in [0.2, 0.25) is 0 Å². The maximum Gasteiger partial charge on any atom is 0.335 e. The van der Waals surface area contributed by atoms with E-state index in [0.717, 1.165) is 10.5 Å². The van der Waals surface area contributed by atoms with Crippen LogP contribution in [0.2, 0.25) is 0 Å². The van der Waals surface area contributed by atoms with E-state index in [1.165, 1.54) is 18.3 Å². The molecule has 0 saturated carbocycles. The first kappa shape index (κ1) is 13.5. The Balaban J connectivity index is 2.15. The minimum atomic E-state index is -1.11. The largest absolute Gasteiger partial charge is 0.487 e. The maximum atomic E-state index is 13.5. The standard InChI is InChI=1S/C13H9BrFNO3/c14-10-4-11(6-16-5-10)19-7-9-3-8(13(17)18)1-2-12(9)15/h1-6H,7H2,(H,17,18). The van der Waals surface area contributed by atoms with Gasteiger partial charge in [0, 0.05) is 16.2 Å². The Morgan fingerprint density at radius 1 is 1.37 bits per heavy atom. The Kier molecular flexibility index (Phi) is 4.11. The van der Waals surface area contributed by atoms with Gasteiger partial charge in [-0.25, -0.2) is 9.18 Å². The Hall–Kier alpha value is -1.95. The Morgan fingerprint density at radius 3 is 2.84 bits per heavy atom. The highest BCUT2D eigenvalue weighted by Gasteiger charge is 2.09. The first-order valence-corrected chi connectivity index (χ1v) is 6.10. The molecule has 0 fully saturated rings. The van der Waals surface area contributed by atoms with Crippen molar-refractivity contribution in [1.82, 2.24) is 4.98 Å². The molecule has 1 aromatic carbocycles. The van der Waals surface area contributed by atoms with Crippen LogP contribution >= 0.6 is 15.9 Å². The molecule has 0 aliphatic carbocycles. The van der Waals surface area contributed by atoms with E-state index in [0.29, 0.717) is 5.75 Å². The minimum absolute atomic E-state index is 0.0207. The molecule has 2 aromatic rings. The lowest BCUT2D eigenvalue weighted by Gasteiger charge is -2.07. The molecule has 0 bridgehead atoms. The van der Waals surface area contributed by atoms with Gasteiger partial charge in [-0.1, -0.05) is 0 Å². The third-order valence-corrected chi connectivity index (χ3v) is 2.80. The van der Waals surface area contributed by atoms with E-state index in [1.807, 2.05) is 0 Å². The quantitative estimate of drug-likeness (QED) is 0.937. The van der Waals surface area contributed by atoms with Crippen LogP contribution in [0.4, 0.5) is 4.39 Å². The number of rotatable bonds is 4. The SMILES string of the molecule is O=C(O)c1ccc(F)c(COc2cncc(Br)c2)c1. The smallest absolute Gasteiger partial charge is 0.335 e. The highest BCUT2D eigenvalue weighted by atomic mass is 79.9. The van der Waals surface area contributed by atoms with Crippen LogP contribution in [0, 0.1) is 5.82 Å². The van der Waals surface area contributed by atoms with Gasteiger partial charge in [-0.05, 0) is 40.2 Å². The van der Waals surface area contributed by atoms with Gasteiger partial charge in [0.25, 0.3) is 0 Å². The van der Waals surface area contributed by atoms with Crippen LogP contribution in [0.5, 0.6) is 5.75 Å². The van der Waals surface area contributed by atoms with Crippen molar-refractivity contribution in [2.75, 3.05) is 0 Å². The number of nitrogens with zero attached hydrogens (tertiary/aromatic N) is 1. The van der Waals surface area contributed by atoms with Crippen molar-refractivity contribution in [3.63, 3.8) is 0 Å². The van der Waals surface area contributed by atoms with E-state index in [-0.39, 0.29) is 17.7 Å². The van der Waals surface area contributed by atoms with E-state index in [2.05, 4.69) is 20.9 Å². The maximum absolute atomic E-state index is 13.5. The molecule has 19 heavy (non-hydrogen) atoms. The predicted octanol–water partition coefficient (Wildman–Crippen LogP) is 3.26. The molecule has 0 atom stereocenters. The summed E-state index contributed by atoms with van der Waals surface area (Å²) in [5, 5.41) is 8.84. The average Bonchev–Trinajstić information content (AvgIpc) is 2.37. The van der Waals surface area contributed by atoms with Gasteiger partial charge in [-0.3, -0.25) is 4.98 Å². The van der Waals surface area contributed by atoms with Crippen molar-refractivity contribution in [2.45, 2.75) is 6.61 Å². The van der Waals surface area contributed by atoms with Gasteiger partial charge in [-0.15, -0.1) is 0 Å². The first-order chi connectivity index (χ1) is 9.06. The van der Waals surface area contributed by atoms with Gasteiger partial charge >= 0.3 is 5.97 Å². The van der Waals surface area contributed by atoms with E-state index in [4.69, 9.17) is 9.84 Å². The Morgan fingerprint density at radius 2 is 2.16 bits per heavy atom. The van der Waals surface area contributed by atoms with E-state index < -0.39 is 11.8 Å². The molecule has 98 valence electrons. The van der Waals surface area contributed by atoms with Crippen LogP contribution in [-0.4, -0.2) is 16.1 Å². The Labute approximate surface area is 117 Å². The van der Waals surface area contributed by atoms with Crippen LogP contribution < -0.4 is 4.74 Å². The number of ether oxygens (including phenoxy) is 1. The predicted molar refractivity (Wildman–Crippen MR) is 69.6 cm³/mol. The Bertz CT molecular complexity index is 619. The zero-order valence-electron chi connectivity index (χ0n) is 9.64. The van der Waals surface area contributed by atoms with Crippen molar-refractivity contribution in [2.24, 2.45) is 0 Å². The molecular formula is C13H9BrFNO3. The number of carboxylic acid groups (broad SMARTS) is 1. The van der Waals surface area contributed by atoms with E-state index in [9.17, 15) is 9.18 Å². The molecule has 0 saturated heterocycles. The van der Waals surface area contributed by atoms with Gasteiger partial charge in [0.05, 0.1) is 11.8 Å². The summed E-state index contributed by atoms with van der Waals surface area (Å²) >= 11 is 3.24. The molecule has 0 spiro atoms. The summed E-state index contributed by atoms with van der Waals surface area (Å²) in [5.74, 6) is -1.15. The number of carboxylic acids is 1. The zero-order valence-corrected chi connectivity index (χ0v) is 11.2. The van der Waals surface area contributed by atoms with Crippen LogP contribution in [-0.2, 0) is 6.61 Å². The number of aromatic carboxylic acids is 1. The summed E-state index contributed by atoms with van der Waals surface area (Å²) < 4.78 is 19.6. The summed E-state index contributed by atoms with van der Waals surface area (Å²) in [5.41, 5.74) is 0.201. The summed E-state index contributed by atoms with van der Waals surface area (Å²) in [6, 6.07) is 5.26. The highest BCUT2D eigenvalue weighted by Crippen LogP contribution is 2.18. The number of carbonyl (C=O) groups is 1. The average molecular weight is 326 g/mol. The minimum Gasteiger partial charge on any atom is -0.487 e. The molecule has 0 amide bonds. The lowest BCUT2D eigenvalue weighted by Crippen LogP contribution is -2.03. The zero-order chi connectivity index (χ0) is 13.8. The first-order valence-electron chi connectivity index (χ1n) is 5.31. The summed E-state index contributed by atoms with van der Waals surface area (Å²) in [6.45, 7) is -0.0644. The van der Waals surface area contributed by atoms with Gasteiger partial charge in [-0.2, -0.15) is 0 Å². The second-order valence-electron chi connectivity index (χ2n) is 3.74. The highest BCUT2D eigenvalue weighted by molar-refractivity contribution is 9.10. The van der Waals surface area contributed by atoms with Crippen molar-refractivity contribution >= 4 is 21.9 Å². The van der Waals surface area contributed by atoms with Crippen LogP contribution in [0.1, 0.15) is 15.9 Å². The third-order valence-electron chi connectivity index (χ3n) is 2.37. The number of pyridine rings is 1. The molecule has 1 heterocycles. The topological polar surface area (TPSA) is 59.4 Å². The van der Waals surface area contributed by atoms with Crippen LogP contribution in [0.15, 0.2) is 41.1 Å². The molecule has 2 rings (SSSR count). The summed E-state index contributed by atoms with van der Waals surface area (Å²) in [4.78, 5) is 14.7. The monoisotopic (exact) mass is 325 g/mol. The molecule has 6 heteroatoms. The van der Waals surface area contributed by atoms with E-state index in [1.54, 1.807) is 12.3 Å². The molecule has 0 unspecified atom stereocenters. The summed E-state index contributed by atoms with van der Waals surface area (Å²) in [6.07, 6.45) is 3.09. The molecule has 1 aromatic heterocycles. The number of halogens is 2. The van der Waals surface area contributed by atoms with E-state index >= 15 is 0 Å². The molecule has 0 aliphatic heterocycles. The third kappa shape index (κ3) is 3.51. The second kappa shape index (κ2) is 5.79. The normalized spacial score (nSPS) is 10.2.